The minimum absolute atomic E-state index is 0. The van der Waals surface area contributed by atoms with E-state index in [1.165, 1.54) is 6.33 Å². The predicted molar refractivity (Wildman–Crippen MR) is 66.4 cm³/mol. The van der Waals surface area contributed by atoms with Gasteiger partial charge in [0, 0.05) is 31.0 Å². The van der Waals surface area contributed by atoms with Crippen molar-refractivity contribution in [1.82, 2.24) is 15.3 Å². The molecule has 0 fully saturated rings. The molecule has 0 aliphatic carbocycles. The summed E-state index contributed by atoms with van der Waals surface area (Å²) in [6, 6.07) is 0. The third-order valence-corrected chi connectivity index (χ3v) is 2.07. The molecule has 1 atom stereocenters. The normalized spacial score (nSPS) is 12.2. The maximum absolute atomic E-state index is 9.60. The summed E-state index contributed by atoms with van der Waals surface area (Å²) in [7, 11) is 0. The van der Waals surface area contributed by atoms with Gasteiger partial charge in [-0.1, -0.05) is 13.8 Å². The molecule has 0 saturated heterocycles. The molecule has 5 heteroatoms. The molecule has 0 spiro atoms. The average Bonchev–Trinajstić information content (AvgIpc) is 2.18. The Morgan fingerprint density at radius 2 is 1.94 bits per heavy atom. The third-order valence-electron chi connectivity index (χ3n) is 2.07. The summed E-state index contributed by atoms with van der Waals surface area (Å²) in [6.07, 6.45) is 5.62. The molecule has 16 heavy (non-hydrogen) atoms. The van der Waals surface area contributed by atoms with Crippen LogP contribution >= 0.6 is 12.4 Å². The van der Waals surface area contributed by atoms with Crippen LogP contribution in [0.3, 0.4) is 0 Å². The first-order valence-electron chi connectivity index (χ1n) is 5.31. The molecule has 0 aliphatic rings. The van der Waals surface area contributed by atoms with Gasteiger partial charge in [0.05, 0.1) is 6.10 Å². The fourth-order valence-electron chi connectivity index (χ4n) is 1.43. The van der Waals surface area contributed by atoms with Gasteiger partial charge < -0.3 is 10.4 Å². The molecule has 0 aromatic carbocycles. The van der Waals surface area contributed by atoms with Crippen LogP contribution in [0.25, 0.3) is 0 Å². The van der Waals surface area contributed by atoms with E-state index in [1.54, 1.807) is 12.4 Å². The van der Waals surface area contributed by atoms with Gasteiger partial charge in [0.2, 0.25) is 0 Å². The molecule has 0 aliphatic heterocycles. The molecule has 0 radical (unpaired) electrons. The first-order chi connectivity index (χ1) is 7.18. The Labute approximate surface area is 103 Å². The van der Waals surface area contributed by atoms with Gasteiger partial charge in [-0.25, -0.2) is 9.97 Å². The molecule has 4 nitrogen and oxygen atoms in total. The van der Waals surface area contributed by atoms with Crippen LogP contribution in [0.1, 0.15) is 25.8 Å². The van der Waals surface area contributed by atoms with E-state index in [4.69, 9.17) is 0 Å². The van der Waals surface area contributed by atoms with Crippen LogP contribution in [-0.4, -0.2) is 27.7 Å². The van der Waals surface area contributed by atoms with Crippen LogP contribution in [0.5, 0.6) is 0 Å². The summed E-state index contributed by atoms with van der Waals surface area (Å²) in [6.45, 7) is 5.53. The first kappa shape index (κ1) is 15.3. The molecule has 1 unspecified atom stereocenters. The van der Waals surface area contributed by atoms with Crippen molar-refractivity contribution in [2.45, 2.75) is 32.9 Å². The highest BCUT2D eigenvalue weighted by molar-refractivity contribution is 5.85. The Morgan fingerprint density at radius 3 is 2.50 bits per heavy atom. The molecule has 1 aromatic rings. The molecule has 0 amide bonds. The number of halogens is 1. The number of hydrogen-bond donors (Lipinski definition) is 2. The van der Waals surface area contributed by atoms with Crippen LogP contribution in [0.4, 0.5) is 0 Å². The lowest BCUT2D eigenvalue weighted by molar-refractivity contribution is 0.146. The van der Waals surface area contributed by atoms with Crippen molar-refractivity contribution in [2.24, 2.45) is 5.92 Å². The Morgan fingerprint density at radius 1 is 1.31 bits per heavy atom. The maximum atomic E-state index is 9.60. The molecule has 92 valence electrons. The number of aromatic nitrogens is 2. The van der Waals surface area contributed by atoms with Crippen molar-refractivity contribution < 1.29 is 5.11 Å². The summed E-state index contributed by atoms with van der Waals surface area (Å²) in [5, 5.41) is 12.8. The van der Waals surface area contributed by atoms with Gasteiger partial charge in [-0.3, -0.25) is 0 Å². The fourth-order valence-corrected chi connectivity index (χ4v) is 1.43. The lowest BCUT2D eigenvalue weighted by atomic mass is 10.1. The second kappa shape index (κ2) is 8.44. The van der Waals surface area contributed by atoms with E-state index in [0.29, 0.717) is 19.0 Å². The van der Waals surface area contributed by atoms with E-state index in [1.807, 2.05) is 0 Å². The summed E-state index contributed by atoms with van der Waals surface area (Å²) in [5.74, 6) is 0.529. The van der Waals surface area contributed by atoms with Crippen LogP contribution in [0.2, 0.25) is 0 Å². The minimum Gasteiger partial charge on any atom is -0.392 e. The van der Waals surface area contributed by atoms with E-state index in [2.05, 4.69) is 29.1 Å². The Balaban J connectivity index is 0.00000225. The standard InChI is InChI=1S/C11H19N3O.ClH/c1-9(2)3-11(15)7-12-4-10-5-13-8-14-6-10;/h5-6,8-9,11-12,15H,3-4,7H2,1-2H3;1H. The van der Waals surface area contributed by atoms with E-state index in [-0.39, 0.29) is 18.5 Å². The molecule has 1 heterocycles. The van der Waals surface area contributed by atoms with Crippen molar-refractivity contribution in [3.63, 3.8) is 0 Å². The number of rotatable bonds is 6. The molecule has 0 saturated carbocycles. The quantitative estimate of drug-likeness (QED) is 0.796. The van der Waals surface area contributed by atoms with Gasteiger partial charge in [0.15, 0.2) is 0 Å². The highest BCUT2D eigenvalue weighted by Gasteiger charge is 2.05. The summed E-state index contributed by atoms with van der Waals surface area (Å²) in [5.41, 5.74) is 1.04. The zero-order valence-electron chi connectivity index (χ0n) is 9.76. The summed E-state index contributed by atoms with van der Waals surface area (Å²) < 4.78 is 0. The second-order valence-electron chi connectivity index (χ2n) is 4.16. The summed E-state index contributed by atoms with van der Waals surface area (Å²) in [4.78, 5) is 7.83. The van der Waals surface area contributed by atoms with Crippen LogP contribution in [0.15, 0.2) is 18.7 Å². The fraction of sp³-hybridized carbons (Fsp3) is 0.636. The summed E-state index contributed by atoms with van der Waals surface area (Å²) >= 11 is 0. The van der Waals surface area contributed by atoms with E-state index >= 15 is 0 Å². The zero-order chi connectivity index (χ0) is 11.1. The number of aliphatic hydroxyl groups is 1. The molecule has 0 bridgehead atoms. The molecular formula is C11H20ClN3O. The van der Waals surface area contributed by atoms with Crippen LogP contribution in [0, 0.1) is 5.92 Å². The highest BCUT2D eigenvalue weighted by atomic mass is 35.5. The lowest BCUT2D eigenvalue weighted by Crippen LogP contribution is -2.27. The van der Waals surface area contributed by atoms with E-state index in [0.717, 1.165) is 12.0 Å². The van der Waals surface area contributed by atoms with Gasteiger partial charge in [-0.2, -0.15) is 0 Å². The maximum Gasteiger partial charge on any atom is 0.115 e. The molecular weight excluding hydrogens is 226 g/mol. The smallest absolute Gasteiger partial charge is 0.115 e. The number of hydrogen-bond acceptors (Lipinski definition) is 4. The van der Waals surface area contributed by atoms with E-state index in [9.17, 15) is 5.11 Å². The van der Waals surface area contributed by atoms with Crippen molar-refractivity contribution in [3.8, 4) is 0 Å². The van der Waals surface area contributed by atoms with Crippen molar-refractivity contribution in [1.29, 1.82) is 0 Å². The van der Waals surface area contributed by atoms with Crippen molar-refractivity contribution >= 4 is 12.4 Å². The van der Waals surface area contributed by atoms with Gasteiger partial charge in [0.1, 0.15) is 6.33 Å². The van der Waals surface area contributed by atoms with Gasteiger partial charge in [0.25, 0.3) is 0 Å². The van der Waals surface area contributed by atoms with Gasteiger partial charge in [-0.05, 0) is 12.3 Å². The predicted octanol–water partition coefficient (Wildman–Crippen LogP) is 1.39. The van der Waals surface area contributed by atoms with Crippen molar-refractivity contribution in [2.75, 3.05) is 6.54 Å². The molecule has 2 N–H and O–H groups in total. The van der Waals surface area contributed by atoms with Crippen LogP contribution < -0.4 is 5.32 Å². The minimum atomic E-state index is -0.269. The second-order valence-corrected chi connectivity index (χ2v) is 4.16. The third kappa shape index (κ3) is 6.71. The Kier molecular flexibility index (Phi) is 8.07. The van der Waals surface area contributed by atoms with Crippen LogP contribution in [-0.2, 0) is 6.54 Å². The number of aliphatic hydroxyl groups excluding tert-OH is 1. The molecule has 1 aromatic heterocycles. The monoisotopic (exact) mass is 245 g/mol. The van der Waals surface area contributed by atoms with Gasteiger partial charge in [-0.15, -0.1) is 12.4 Å². The molecule has 1 rings (SSSR count). The SMILES string of the molecule is CC(C)CC(O)CNCc1cncnc1.Cl. The highest BCUT2D eigenvalue weighted by Crippen LogP contribution is 2.03. The van der Waals surface area contributed by atoms with Crippen molar-refractivity contribution in [3.05, 3.63) is 24.3 Å². The Bertz CT molecular complexity index is 269. The topological polar surface area (TPSA) is 58.0 Å². The van der Waals surface area contributed by atoms with E-state index < -0.39 is 0 Å². The van der Waals surface area contributed by atoms with Gasteiger partial charge >= 0.3 is 0 Å². The number of nitrogens with zero attached hydrogens (tertiary/aromatic N) is 2. The first-order valence-corrected chi connectivity index (χ1v) is 5.31. The largest absolute Gasteiger partial charge is 0.392 e. The lowest BCUT2D eigenvalue weighted by Gasteiger charge is -2.13. The Hall–Kier alpha value is -0.710. The average molecular weight is 246 g/mol. The zero-order valence-corrected chi connectivity index (χ0v) is 10.6. The number of nitrogens with one attached hydrogen (secondary N) is 1.